The number of aromatic nitrogens is 2. The Balaban J connectivity index is 1.46. The molecule has 2 aromatic heterocycles. The number of rotatable bonds is 5. The van der Waals surface area contributed by atoms with Crippen LogP contribution in [0, 0.1) is 3.57 Å². The summed E-state index contributed by atoms with van der Waals surface area (Å²) in [5, 5.41) is 8.12. The molecule has 0 radical (unpaired) electrons. The van der Waals surface area contributed by atoms with E-state index in [-0.39, 0.29) is 0 Å². The molecule has 0 aliphatic rings. The number of furan rings is 1. The van der Waals surface area contributed by atoms with Crippen LogP contribution in [0.4, 0.5) is 0 Å². The molecule has 0 bridgehead atoms. The molecule has 0 aliphatic heterocycles. The van der Waals surface area contributed by atoms with E-state index in [1.807, 2.05) is 60.7 Å². The minimum atomic E-state index is 0.334. The van der Waals surface area contributed by atoms with Gasteiger partial charge in [0.05, 0.1) is 0 Å². The van der Waals surface area contributed by atoms with E-state index in [4.69, 9.17) is 13.6 Å². The summed E-state index contributed by atoms with van der Waals surface area (Å²) >= 11 is 2.25. The molecule has 0 saturated carbocycles. The Morgan fingerprint density at radius 1 is 0.800 bits per heavy atom. The van der Waals surface area contributed by atoms with Crippen LogP contribution in [0.1, 0.15) is 5.76 Å². The minimum Gasteiger partial charge on any atom is -0.486 e. The summed E-state index contributed by atoms with van der Waals surface area (Å²) in [4.78, 5) is 0. The third-order valence-corrected chi connectivity index (χ3v) is 4.23. The molecule has 4 rings (SSSR count). The molecule has 0 aliphatic carbocycles. The second-order valence-electron chi connectivity index (χ2n) is 5.29. The van der Waals surface area contributed by atoms with Crippen LogP contribution < -0.4 is 4.74 Å². The lowest BCUT2D eigenvalue weighted by Gasteiger charge is -2.03. The Kier molecular flexibility index (Phi) is 4.51. The average Bonchev–Trinajstić information content (AvgIpc) is 3.31. The smallest absolute Gasteiger partial charge is 0.283 e. The van der Waals surface area contributed by atoms with Gasteiger partial charge in [-0.05, 0) is 71.1 Å². The molecule has 0 N–H and O–H groups in total. The van der Waals surface area contributed by atoms with Crippen molar-refractivity contribution in [2.75, 3.05) is 0 Å². The van der Waals surface area contributed by atoms with Gasteiger partial charge < -0.3 is 13.6 Å². The number of ether oxygens (including phenoxy) is 1. The summed E-state index contributed by atoms with van der Waals surface area (Å²) in [5.74, 6) is 2.81. The zero-order valence-electron chi connectivity index (χ0n) is 13.1. The second kappa shape index (κ2) is 7.10. The van der Waals surface area contributed by atoms with Crippen molar-refractivity contribution in [2.45, 2.75) is 6.61 Å². The number of nitrogens with zero attached hydrogens (tertiary/aromatic N) is 2. The van der Waals surface area contributed by atoms with Crippen LogP contribution in [-0.4, -0.2) is 10.2 Å². The van der Waals surface area contributed by atoms with Crippen molar-refractivity contribution in [3.05, 3.63) is 76.1 Å². The molecule has 5 nitrogen and oxygen atoms in total. The zero-order chi connectivity index (χ0) is 17.1. The fourth-order valence-corrected chi connectivity index (χ4v) is 2.64. The van der Waals surface area contributed by atoms with E-state index < -0.39 is 0 Å². The van der Waals surface area contributed by atoms with Gasteiger partial charge in [-0.1, -0.05) is 18.2 Å². The fourth-order valence-electron chi connectivity index (χ4n) is 2.28. The molecule has 0 saturated heterocycles. The Bertz CT molecular complexity index is 962. The molecule has 0 unspecified atom stereocenters. The highest BCUT2D eigenvalue weighted by atomic mass is 127. The monoisotopic (exact) mass is 444 g/mol. The first-order valence-corrected chi connectivity index (χ1v) is 8.72. The van der Waals surface area contributed by atoms with Gasteiger partial charge in [0.1, 0.15) is 18.1 Å². The number of benzene rings is 2. The van der Waals surface area contributed by atoms with Gasteiger partial charge >= 0.3 is 0 Å². The van der Waals surface area contributed by atoms with Gasteiger partial charge in [-0.3, -0.25) is 0 Å². The van der Waals surface area contributed by atoms with Crippen LogP contribution in [0.15, 0.2) is 75.6 Å². The predicted octanol–water partition coefficient (Wildman–Crippen LogP) is 5.18. The molecule has 25 heavy (non-hydrogen) atoms. The summed E-state index contributed by atoms with van der Waals surface area (Å²) < 4.78 is 18.3. The normalized spacial score (nSPS) is 10.8. The standard InChI is InChI=1S/C19H13IN2O3/c20-14-6-8-15(9-7-14)23-12-16-10-11-17(24-16)19-22-21-18(25-19)13-4-2-1-3-5-13/h1-11H,12H2. The van der Waals surface area contributed by atoms with Crippen molar-refractivity contribution in [3.8, 4) is 28.9 Å². The highest BCUT2D eigenvalue weighted by molar-refractivity contribution is 14.1. The molecular formula is C19H13IN2O3. The van der Waals surface area contributed by atoms with E-state index in [0.717, 1.165) is 14.9 Å². The maximum Gasteiger partial charge on any atom is 0.283 e. The van der Waals surface area contributed by atoms with E-state index in [2.05, 4.69) is 32.8 Å². The van der Waals surface area contributed by atoms with Crippen LogP contribution in [0.5, 0.6) is 5.75 Å². The summed E-state index contributed by atoms with van der Waals surface area (Å²) in [6.45, 7) is 0.334. The largest absolute Gasteiger partial charge is 0.486 e. The van der Waals surface area contributed by atoms with Crippen molar-refractivity contribution in [3.63, 3.8) is 0 Å². The molecule has 2 heterocycles. The lowest BCUT2D eigenvalue weighted by molar-refractivity contribution is 0.271. The molecule has 0 amide bonds. The Labute approximate surface area is 157 Å². The molecular weight excluding hydrogens is 431 g/mol. The Hall–Kier alpha value is -2.61. The van der Waals surface area contributed by atoms with E-state index in [0.29, 0.717) is 29.9 Å². The highest BCUT2D eigenvalue weighted by Crippen LogP contribution is 2.25. The van der Waals surface area contributed by atoms with E-state index in [1.54, 1.807) is 6.07 Å². The summed E-state index contributed by atoms with van der Waals surface area (Å²) in [5.41, 5.74) is 0.870. The topological polar surface area (TPSA) is 61.3 Å². The highest BCUT2D eigenvalue weighted by Gasteiger charge is 2.14. The molecule has 0 spiro atoms. The Morgan fingerprint density at radius 2 is 1.56 bits per heavy atom. The first kappa shape index (κ1) is 15.9. The van der Waals surface area contributed by atoms with Crippen LogP contribution >= 0.6 is 22.6 Å². The molecule has 6 heteroatoms. The molecule has 0 atom stereocenters. The number of halogens is 1. The van der Waals surface area contributed by atoms with Gasteiger partial charge in [0.15, 0.2) is 5.76 Å². The first-order chi connectivity index (χ1) is 12.3. The number of hydrogen-bond donors (Lipinski definition) is 0. The van der Waals surface area contributed by atoms with Crippen LogP contribution in [0.2, 0.25) is 0 Å². The summed E-state index contributed by atoms with van der Waals surface area (Å²) in [6.07, 6.45) is 0. The van der Waals surface area contributed by atoms with Gasteiger partial charge in [-0.25, -0.2) is 0 Å². The van der Waals surface area contributed by atoms with Crippen molar-refractivity contribution >= 4 is 22.6 Å². The third kappa shape index (κ3) is 3.74. The van der Waals surface area contributed by atoms with Crippen molar-refractivity contribution in [2.24, 2.45) is 0 Å². The van der Waals surface area contributed by atoms with Gasteiger partial charge in [-0.2, -0.15) is 0 Å². The SMILES string of the molecule is Ic1ccc(OCc2ccc(-c3nnc(-c4ccccc4)o3)o2)cc1. The maximum absolute atomic E-state index is 5.74. The zero-order valence-corrected chi connectivity index (χ0v) is 15.2. The molecule has 0 fully saturated rings. The average molecular weight is 444 g/mol. The van der Waals surface area contributed by atoms with E-state index in [9.17, 15) is 0 Å². The predicted molar refractivity (Wildman–Crippen MR) is 101 cm³/mol. The van der Waals surface area contributed by atoms with Gasteiger partial charge in [0.25, 0.3) is 5.89 Å². The summed E-state index contributed by atoms with van der Waals surface area (Å²) in [7, 11) is 0. The van der Waals surface area contributed by atoms with Crippen LogP contribution in [-0.2, 0) is 6.61 Å². The van der Waals surface area contributed by atoms with E-state index in [1.165, 1.54) is 0 Å². The first-order valence-electron chi connectivity index (χ1n) is 7.64. The van der Waals surface area contributed by atoms with Crippen molar-refractivity contribution < 1.29 is 13.6 Å². The van der Waals surface area contributed by atoms with Crippen molar-refractivity contribution in [1.82, 2.24) is 10.2 Å². The van der Waals surface area contributed by atoms with Crippen molar-refractivity contribution in [1.29, 1.82) is 0 Å². The lowest BCUT2D eigenvalue weighted by atomic mass is 10.2. The summed E-state index contributed by atoms with van der Waals surface area (Å²) in [6, 6.07) is 21.1. The quantitative estimate of drug-likeness (QED) is 0.397. The van der Waals surface area contributed by atoms with Gasteiger partial charge in [0, 0.05) is 9.13 Å². The number of hydrogen-bond acceptors (Lipinski definition) is 5. The van der Waals surface area contributed by atoms with Crippen LogP contribution in [0.25, 0.3) is 23.1 Å². The lowest BCUT2D eigenvalue weighted by Crippen LogP contribution is -1.93. The third-order valence-electron chi connectivity index (χ3n) is 3.51. The second-order valence-corrected chi connectivity index (χ2v) is 6.53. The molecule has 124 valence electrons. The van der Waals surface area contributed by atoms with Crippen LogP contribution in [0.3, 0.4) is 0 Å². The molecule has 4 aromatic rings. The fraction of sp³-hybridized carbons (Fsp3) is 0.0526. The molecule has 2 aromatic carbocycles. The Morgan fingerprint density at radius 3 is 2.36 bits per heavy atom. The van der Waals surface area contributed by atoms with E-state index >= 15 is 0 Å². The maximum atomic E-state index is 5.74. The van der Waals surface area contributed by atoms with Gasteiger partial charge in [0.2, 0.25) is 5.89 Å². The minimum absolute atomic E-state index is 0.334. The van der Waals surface area contributed by atoms with Gasteiger partial charge in [-0.15, -0.1) is 10.2 Å².